The van der Waals surface area contributed by atoms with Crippen LogP contribution in [-0.4, -0.2) is 45.2 Å². The zero-order chi connectivity index (χ0) is 8.91. The summed E-state index contributed by atoms with van der Waals surface area (Å²) in [4.78, 5) is 0. The zero-order valence-electron chi connectivity index (χ0n) is 6.87. The van der Waals surface area contributed by atoms with Crippen molar-refractivity contribution in [2.24, 2.45) is 0 Å². The van der Waals surface area contributed by atoms with Gasteiger partial charge in [0.2, 0.25) is 0 Å². The summed E-state index contributed by atoms with van der Waals surface area (Å²) in [5.74, 6) is 0.0874. The fourth-order valence-corrected chi connectivity index (χ4v) is 1.90. The van der Waals surface area contributed by atoms with E-state index in [0.29, 0.717) is 6.42 Å². The smallest absolute Gasteiger partial charge is 0.148 e. The number of hydrogen-bond donors (Lipinski definition) is 2. The molecular weight excluding hydrogens is 166 g/mol. The standard InChI is InChI=1S/C6H15NO3S/c1-7-6(3-4-8)5-11(2,9)10/h6-8H,3-5H2,1-2H3. The van der Waals surface area contributed by atoms with Crippen LogP contribution in [0.25, 0.3) is 0 Å². The lowest BCUT2D eigenvalue weighted by Gasteiger charge is -2.12. The van der Waals surface area contributed by atoms with Crippen molar-refractivity contribution in [2.75, 3.05) is 25.7 Å². The predicted octanol–water partition coefficient (Wildman–Crippen LogP) is -0.999. The minimum absolute atomic E-state index is 0.0149. The molecule has 0 rings (SSSR count). The summed E-state index contributed by atoms with van der Waals surface area (Å²) in [6, 6.07) is -0.130. The molecule has 0 saturated carbocycles. The van der Waals surface area contributed by atoms with E-state index in [4.69, 9.17) is 5.11 Å². The summed E-state index contributed by atoms with van der Waals surface area (Å²) in [5, 5.41) is 11.4. The Kier molecular flexibility index (Phi) is 4.63. The van der Waals surface area contributed by atoms with Crippen LogP contribution in [0, 0.1) is 0 Å². The second-order valence-electron chi connectivity index (χ2n) is 2.59. The second-order valence-corrected chi connectivity index (χ2v) is 4.78. The van der Waals surface area contributed by atoms with E-state index >= 15 is 0 Å². The van der Waals surface area contributed by atoms with Gasteiger partial charge < -0.3 is 10.4 Å². The summed E-state index contributed by atoms with van der Waals surface area (Å²) < 4.78 is 21.5. The van der Waals surface area contributed by atoms with Crippen molar-refractivity contribution in [3.63, 3.8) is 0 Å². The Hall–Kier alpha value is -0.130. The first-order valence-electron chi connectivity index (χ1n) is 3.45. The van der Waals surface area contributed by atoms with Crippen molar-refractivity contribution in [1.29, 1.82) is 0 Å². The molecule has 0 aromatic heterocycles. The van der Waals surface area contributed by atoms with Crippen molar-refractivity contribution < 1.29 is 13.5 Å². The normalized spacial score (nSPS) is 14.8. The number of rotatable bonds is 5. The molecule has 0 bridgehead atoms. The van der Waals surface area contributed by atoms with Crippen LogP contribution in [0.15, 0.2) is 0 Å². The highest BCUT2D eigenvalue weighted by molar-refractivity contribution is 7.90. The molecule has 0 aromatic rings. The maximum absolute atomic E-state index is 10.8. The van der Waals surface area contributed by atoms with Crippen molar-refractivity contribution in [3.05, 3.63) is 0 Å². The number of nitrogens with one attached hydrogen (secondary N) is 1. The largest absolute Gasteiger partial charge is 0.396 e. The molecule has 1 unspecified atom stereocenters. The van der Waals surface area contributed by atoms with E-state index in [1.807, 2.05) is 0 Å². The van der Waals surface area contributed by atoms with Crippen LogP contribution in [0.4, 0.5) is 0 Å². The Balaban J connectivity index is 3.88. The lowest BCUT2D eigenvalue weighted by Crippen LogP contribution is -2.33. The number of aliphatic hydroxyl groups excluding tert-OH is 1. The van der Waals surface area contributed by atoms with E-state index in [-0.39, 0.29) is 18.4 Å². The molecule has 0 heterocycles. The Labute approximate surface area is 67.5 Å². The summed E-state index contributed by atoms with van der Waals surface area (Å²) in [7, 11) is -1.25. The molecule has 11 heavy (non-hydrogen) atoms. The van der Waals surface area contributed by atoms with E-state index in [9.17, 15) is 8.42 Å². The molecule has 2 N–H and O–H groups in total. The fraction of sp³-hybridized carbons (Fsp3) is 1.00. The van der Waals surface area contributed by atoms with Crippen LogP contribution in [0.5, 0.6) is 0 Å². The van der Waals surface area contributed by atoms with Gasteiger partial charge in [-0.2, -0.15) is 0 Å². The van der Waals surface area contributed by atoms with Crippen LogP contribution in [0.1, 0.15) is 6.42 Å². The molecule has 5 heteroatoms. The molecule has 4 nitrogen and oxygen atoms in total. The van der Waals surface area contributed by atoms with Crippen LogP contribution < -0.4 is 5.32 Å². The molecule has 1 atom stereocenters. The number of sulfone groups is 1. The topological polar surface area (TPSA) is 66.4 Å². The van der Waals surface area contributed by atoms with Crippen LogP contribution >= 0.6 is 0 Å². The van der Waals surface area contributed by atoms with Crippen molar-refractivity contribution in [3.8, 4) is 0 Å². The molecular formula is C6H15NO3S. The molecule has 0 aromatic carbocycles. The van der Waals surface area contributed by atoms with Gasteiger partial charge in [0.05, 0.1) is 5.75 Å². The van der Waals surface area contributed by atoms with E-state index < -0.39 is 9.84 Å². The van der Waals surface area contributed by atoms with Crippen LogP contribution in [-0.2, 0) is 9.84 Å². The summed E-state index contributed by atoms with van der Waals surface area (Å²) in [5.41, 5.74) is 0. The van der Waals surface area contributed by atoms with E-state index in [2.05, 4.69) is 5.32 Å². The van der Waals surface area contributed by atoms with Crippen molar-refractivity contribution in [2.45, 2.75) is 12.5 Å². The lowest BCUT2D eigenvalue weighted by atomic mass is 10.2. The SMILES string of the molecule is CNC(CCO)CS(C)(=O)=O. The van der Waals surface area contributed by atoms with E-state index in [1.165, 1.54) is 6.26 Å². The summed E-state index contributed by atoms with van der Waals surface area (Å²) in [6.07, 6.45) is 1.66. The third-order valence-corrected chi connectivity index (χ3v) is 2.40. The average Bonchev–Trinajstić information content (AvgIpc) is 1.84. The highest BCUT2D eigenvalue weighted by Gasteiger charge is 2.11. The van der Waals surface area contributed by atoms with E-state index in [1.54, 1.807) is 7.05 Å². The molecule has 0 aliphatic heterocycles. The molecule has 68 valence electrons. The molecule has 0 spiro atoms. The van der Waals surface area contributed by atoms with Gasteiger partial charge in [-0.25, -0.2) is 8.42 Å². The lowest BCUT2D eigenvalue weighted by molar-refractivity contribution is 0.272. The van der Waals surface area contributed by atoms with Crippen LogP contribution in [0.3, 0.4) is 0 Å². The molecule has 0 radical (unpaired) electrons. The first-order valence-corrected chi connectivity index (χ1v) is 5.51. The monoisotopic (exact) mass is 181 g/mol. The number of hydrogen-bond acceptors (Lipinski definition) is 4. The second kappa shape index (κ2) is 4.69. The zero-order valence-corrected chi connectivity index (χ0v) is 7.69. The third kappa shape index (κ3) is 6.28. The fourth-order valence-electron chi connectivity index (χ4n) is 0.832. The summed E-state index contributed by atoms with van der Waals surface area (Å²) in [6.45, 7) is 0.0149. The highest BCUT2D eigenvalue weighted by Crippen LogP contribution is 1.94. The van der Waals surface area contributed by atoms with Gasteiger partial charge in [-0.3, -0.25) is 0 Å². The Bertz CT molecular complexity index is 188. The van der Waals surface area contributed by atoms with Gasteiger partial charge in [0.15, 0.2) is 0 Å². The van der Waals surface area contributed by atoms with Gasteiger partial charge >= 0.3 is 0 Å². The van der Waals surface area contributed by atoms with Crippen LogP contribution in [0.2, 0.25) is 0 Å². The number of aliphatic hydroxyl groups is 1. The molecule has 0 amide bonds. The minimum Gasteiger partial charge on any atom is -0.396 e. The average molecular weight is 181 g/mol. The van der Waals surface area contributed by atoms with Crippen molar-refractivity contribution in [1.82, 2.24) is 5.32 Å². The first-order chi connectivity index (χ1) is 4.99. The third-order valence-electron chi connectivity index (χ3n) is 1.39. The maximum atomic E-state index is 10.8. The molecule has 0 saturated heterocycles. The summed E-state index contributed by atoms with van der Waals surface area (Å²) >= 11 is 0. The maximum Gasteiger partial charge on any atom is 0.148 e. The van der Waals surface area contributed by atoms with Gasteiger partial charge in [0, 0.05) is 18.9 Å². The highest BCUT2D eigenvalue weighted by atomic mass is 32.2. The molecule has 0 aliphatic rings. The van der Waals surface area contributed by atoms with Gasteiger partial charge in [-0.05, 0) is 13.5 Å². The Morgan fingerprint density at radius 1 is 1.55 bits per heavy atom. The molecule has 0 aliphatic carbocycles. The van der Waals surface area contributed by atoms with Gasteiger partial charge in [0.1, 0.15) is 9.84 Å². The van der Waals surface area contributed by atoms with Gasteiger partial charge in [-0.15, -0.1) is 0 Å². The Morgan fingerprint density at radius 2 is 2.09 bits per heavy atom. The van der Waals surface area contributed by atoms with Crippen molar-refractivity contribution >= 4 is 9.84 Å². The predicted molar refractivity (Wildman–Crippen MR) is 44.3 cm³/mol. The quantitative estimate of drug-likeness (QED) is 0.571. The van der Waals surface area contributed by atoms with Gasteiger partial charge in [-0.1, -0.05) is 0 Å². The molecule has 0 fully saturated rings. The Morgan fingerprint density at radius 3 is 2.36 bits per heavy atom. The first kappa shape index (κ1) is 10.9. The van der Waals surface area contributed by atoms with E-state index in [0.717, 1.165) is 0 Å². The van der Waals surface area contributed by atoms with Gasteiger partial charge in [0.25, 0.3) is 0 Å². The minimum atomic E-state index is -2.93.